The lowest BCUT2D eigenvalue weighted by Gasteiger charge is -2.23. The van der Waals surface area contributed by atoms with E-state index in [1.165, 1.54) is 12.8 Å². The highest BCUT2D eigenvalue weighted by molar-refractivity contribution is 5.31. The van der Waals surface area contributed by atoms with Crippen molar-refractivity contribution in [1.82, 2.24) is 0 Å². The fraction of sp³-hybridized carbons (Fsp3) is 0.647. The van der Waals surface area contributed by atoms with Crippen LogP contribution in [-0.2, 0) is 9.47 Å². The molecule has 0 amide bonds. The number of unbranched alkanes of at least 4 members (excludes halogenated alkanes) is 2. The number of ether oxygens (including phenoxy) is 3. The van der Waals surface area contributed by atoms with Crippen LogP contribution in [0.1, 0.15) is 45.1 Å². The zero-order valence-corrected chi connectivity index (χ0v) is 12.9. The summed E-state index contributed by atoms with van der Waals surface area (Å²) in [5.74, 6) is 0.505. The van der Waals surface area contributed by atoms with E-state index in [0.717, 1.165) is 24.2 Å². The number of hydrogen-bond donors (Lipinski definition) is 0. The molecule has 3 nitrogen and oxygen atoms in total. The second-order valence-electron chi connectivity index (χ2n) is 5.72. The van der Waals surface area contributed by atoms with Crippen LogP contribution in [0.4, 0.5) is 0 Å². The van der Waals surface area contributed by atoms with Gasteiger partial charge >= 0.3 is 0 Å². The highest BCUT2D eigenvalue weighted by Crippen LogP contribution is 2.29. The van der Waals surface area contributed by atoms with Gasteiger partial charge in [-0.25, -0.2) is 0 Å². The van der Waals surface area contributed by atoms with Crippen LogP contribution in [0.25, 0.3) is 0 Å². The van der Waals surface area contributed by atoms with E-state index in [0.29, 0.717) is 13.2 Å². The fourth-order valence-corrected chi connectivity index (χ4v) is 2.50. The van der Waals surface area contributed by atoms with Crippen LogP contribution in [0, 0.1) is 6.92 Å². The maximum Gasteiger partial charge on any atom is 0.166 e. The third-order valence-corrected chi connectivity index (χ3v) is 3.74. The number of para-hydroxylation sites is 1. The molecule has 1 saturated heterocycles. The minimum absolute atomic E-state index is 0.0289. The molecule has 0 aromatic heterocycles. The zero-order chi connectivity index (χ0) is 14.4. The van der Waals surface area contributed by atoms with E-state index in [1.807, 2.05) is 25.1 Å². The van der Waals surface area contributed by atoms with Crippen LogP contribution < -0.4 is 4.74 Å². The smallest absolute Gasteiger partial charge is 0.166 e. The highest BCUT2D eigenvalue weighted by Gasteiger charge is 2.36. The molecule has 112 valence electrons. The summed E-state index contributed by atoms with van der Waals surface area (Å²) in [5.41, 5.74) is 1.15. The number of benzene rings is 1. The number of rotatable bonds is 7. The van der Waals surface area contributed by atoms with Crippen LogP contribution in [0.5, 0.6) is 5.75 Å². The lowest BCUT2D eigenvalue weighted by atomic mass is 10.1. The molecule has 2 rings (SSSR count). The average molecular weight is 278 g/mol. The summed E-state index contributed by atoms with van der Waals surface area (Å²) in [6.45, 7) is 7.47. The molecule has 1 aliphatic heterocycles. The molecule has 1 aromatic carbocycles. The van der Waals surface area contributed by atoms with Gasteiger partial charge in [0.2, 0.25) is 0 Å². The van der Waals surface area contributed by atoms with E-state index in [9.17, 15) is 0 Å². The summed E-state index contributed by atoms with van der Waals surface area (Å²) in [6, 6.07) is 8.05. The van der Waals surface area contributed by atoms with E-state index < -0.39 is 5.79 Å². The first-order chi connectivity index (χ1) is 9.63. The lowest BCUT2D eigenvalue weighted by molar-refractivity contribution is -0.161. The quantitative estimate of drug-likeness (QED) is 0.703. The van der Waals surface area contributed by atoms with Crippen molar-refractivity contribution in [1.29, 1.82) is 0 Å². The topological polar surface area (TPSA) is 27.7 Å². The van der Waals surface area contributed by atoms with Crippen molar-refractivity contribution in [2.75, 3.05) is 13.2 Å². The Balaban J connectivity index is 1.77. The molecule has 1 aromatic rings. The summed E-state index contributed by atoms with van der Waals surface area (Å²) in [4.78, 5) is 0. The lowest BCUT2D eigenvalue weighted by Crippen LogP contribution is -2.28. The summed E-state index contributed by atoms with van der Waals surface area (Å²) in [5, 5.41) is 0. The van der Waals surface area contributed by atoms with Crippen molar-refractivity contribution < 1.29 is 14.2 Å². The zero-order valence-electron chi connectivity index (χ0n) is 12.9. The minimum Gasteiger partial charge on any atom is -0.491 e. The molecule has 0 N–H and O–H groups in total. The van der Waals surface area contributed by atoms with Gasteiger partial charge in [0.15, 0.2) is 5.79 Å². The van der Waals surface area contributed by atoms with Crippen LogP contribution in [0.3, 0.4) is 0 Å². The Bertz CT molecular complexity index is 418. The molecule has 2 unspecified atom stereocenters. The van der Waals surface area contributed by atoms with Gasteiger partial charge in [-0.2, -0.15) is 0 Å². The average Bonchev–Trinajstić information content (AvgIpc) is 2.80. The first kappa shape index (κ1) is 15.3. The molecule has 2 atom stereocenters. The van der Waals surface area contributed by atoms with E-state index in [1.54, 1.807) is 0 Å². The minimum atomic E-state index is -0.422. The number of hydrogen-bond acceptors (Lipinski definition) is 3. The molecule has 3 heteroatoms. The summed E-state index contributed by atoms with van der Waals surface area (Å²) < 4.78 is 17.7. The third kappa shape index (κ3) is 4.22. The van der Waals surface area contributed by atoms with Crippen molar-refractivity contribution in [3.8, 4) is 5.75 Å². The Morgan fingerprint density at radius 1 is 1.30 bits per heavy atom. The van der Waals surface area contributed by atoms with Gasteiger partial charge in [-0.05, 0) is 31.9 Å². The van der Waals surface area contributed by atoms with Crippen LogP contribution in [0.15, 0.2) is 24.3 Å². The van der Waals surface area contributed by atoms with Crippen molar-refractivity contribution >= 4 is 0 Å². The molecule has 1 fully saturated rings. The standard InChI is InChI=1S/C17H26O3/c1-4-5-8-11-17(3)19-13-15(20-17)12-18-16-10-7-6-9-14(16)2/h6-7,9-10,15H,4-5,8,11-13H2,1-3H3. The predicted molar refractivity (Wildman–Crippen MR) is 80.0 cm³/mol. The van der Waals surface area contributed by atoms with Gasteiger partial charge in [0, 0.05) is 6.42 Å². The van der Waals surface area contributed by atoms with Gasteiger partial charge in [0.25, 0.3) is 0 Å². The number of aryl methyl sites for hydroxylation is 1. The Morgan fingerprint density at radius 3 is 2.85 bits per heavy atom. The van der Waals surface area contributed by atoms with E-state index in [4.69, 9.17) is 14.2 Å². The van der Waals surface area contributed by atoms with Crippen molar-refractivity contribution in [3.63, 3.8) is 0 Å². The Kier molecular flexibility index (Phi) is 5.44. The molecule has 20 heavy (non-hydrogen) atoms. The second-order valence-corrected chi connectivity index (χ2v) is 5.72. The van der Waals surface area contributed by atoms with Gasteiger partial charge in [0.1, 0.15) is 18.5 Å². The SMILES string of the molecule is CCCCCC1(C)OCC(COc2ccccc2C)O1. The maximum absolute atomic E-state index is 6.01. The molecular formula is C17H26O3. The third-order valence-electron chi connectivity index (χ3n) is 3.74. The Labute approximate surface area is 122 Å². The van der Waals surface area contributed by atoms with Gasteiger partial charge < -0.3 is 14.2 Å². The molecule has 0 spiro atoms. The first-order valence-corrected chi connectivity index (χ1v) is 7.63. The van der Waals surface area contributed by atoms with Crippen molar-refractivity contribution in [3.05, 3.63) is 29.8 Å². The van der Waals surface area contributed by atoms with Gasteiger partial charge in [0.05, 0.1) is 6.61 Å². The Morgan fingerprint density at radius 2 is 2.10 bits per heavy atom. The van der Waals surface area contributed by atoms with Gasteiger partial charge in [-0.15, -0.1) is 0 Å². The van der Waals surface area contributed by atoms with E-state index >= 15 is 0 Å². The molecule has 0 saturated carbocycles. The van der Waals surface area contributed by atoms with Crippen LogP contribution in [-0.4, -0.2) is 25.1 Å². The first-order valence-electron chi connectivity index (χ1n) is 7.63. The highest BCUT2D eigenvalue weighted by atomic mass is 16.7. The molecule has 0 radical (unpaired) electrons. The molecule has 1 aliphatic rings. The summed E-state index contributed by atoms with van der Waals surface area (Å²) in [6.07, 6.45) is 4.59. The van der Waals surface area contributed by atoms with Crippen molar-refractivity contribution in [2.24, 2.45) is 0 Å². The van der Waals surface area contributed by atoms with Crippen LogP contribution >= 0.6 is 0 Å². The van der Waals surface area contributed by atoms with Gasteiger partial charge in [-0.1, -0.05) is 38.0 Å². The molecule has 1 heterocycles. The maximum atomic E-state index is 6.01. The Hall–Kier alpha value is -1.06. The van der Waals surface area contributed by atoms with E-state index in [-0.39, 0.29) is 6.10 Å². The summed E-state index contributed by atoms with van der Waals surface area (Å²) >= 11 is 0. The largest absolute Gasteiger partial charge is 0.491 e. The molecular weight excluding hydrogens is 252 g/mol. The molecule has 0 bridgehead atoms. The fourth-order valence-electron chi connectivity index (χ4n) is 2.50. The monoisotopic (exact) mass is 278 g/mol. The van der Waals surface area contributed by atoms with Crippen molar-refractivity contribution in [2.45, 2.75) is 58.3 Å². The van der Waals surface area contributed by atoms with Crippen LogP contribution in [0.2, 0.25) is 0 Å². The predicted octanol–water partition coefficient (Wildman–Crippen LogP) is 4.09. The molecule has 0 aliphatic carbocycles. The van der Waals surface area contributed by atoms with E-state index in [2.05, 4.69) is 19.9 Å². The second kappa shape index (κ2) is 7.09. The normalized spacial score (nSPS) is 25.9. The summed E-state index contributed by atoms with van der Waals surface area (Å²) in [7, 11) is 0. The van der Waals surface area contributed by atoms with Gasteiger partial charge in [-0.3, -0.25) is 0 Å².